The molecule has 19 heavy (non-hydrogen) atoms. The molecule has 8 heteroatoms. The second-order valence-corrected chi connectivity index (χ2v) is 7.02. The fourth-order valence-electron chi connectivity index (χ4n) is 1.35. The van der Waals surface area contributed by atoms with Crippen molar-refractivity contribution < 1.29 is 23.1 Å². The van der Waals surface area contributed by atoms with Crippen molar-refractivity contribution in [2.75, 3.05) is 18.6 Å². The first-order valence-corrected chi connectivity index (χ1v) is 8.11. The summed E-state index contributed by atoms with van der Waals surface area (Å²) >= 11 is 0. The molecule has 2 unspecified atom stereocenters. The van der Waals surface area contributed by atoms with Gasteiger partial charge in [-0.1, -0.05) is 6.92 Å². The third-order valence-corrected chi connectivity index (χ3v) is 3.65. The van der Waals surface area contributed by atoms with Gasteiger partial charge >= 0.3 is 5.97 Å². The van der Waals surface area contributed by atoms with Crippen molar-refractivity contribution in [1.29, 1.82) is 0 Å². The molecule has 0 aromatic heterocycles. The molecule has 0 saturated heterocycles. The number of nitrogens with two attached hydrogens (primary N) is 1. The van der Waals surface area contributed by atoms with Crippen LogP contribution in [-0.2, 0) is 19.4 Å². The molecule has 0 radical (unpaired) electrons. The van der Waals surface area contributed by atoms with Crippen molar-refractivity contribution in [1.82, 2.24) is 5.32 Å². The number of rotatable bonds is 9. The highest BCUT2D eigenvalue weighted by Crippen LogP contribution is 2.04. The van der Waals surface area contributed by atoms with Crippen LogP contribution in [-0.4, -0.2) is 50.0 Å². The lowest BCUT2D eigenvalue weighted by Crippen LogP contribution is -2.42. The average Bonchev–Trinajstić information content (AvgIpc) is 2.29. The molecule has 0 spiro atoms. The van der Waals surface area contributed by atoms with Gasteiger partial charge in [-0.2, -0.15) is 0 Å². The fraction of sp³-hybridized carbons (Fsp3) is 0.818. The van der Waals surface area contributed by atoms with E-state index in [0.29, 0.717) is 13.0 Å². The summed E-state index contributed by atoms with van der Waals surface area (Å²) in [6, 6.07) is -1.17. The van der Waals surface area contributed by atoms with Gasteiger partial charge in [0.15, 0.2) is 0 Å². The monoisotopic (exact) mass is 294 g/mol. The Kier molecular flexibility index (Phi) is 7.62. The predicted molar refractivity (Wildman–Crippen MR) is 71.3 cm³/mol. The Balaban J connectivity index is 4.27. The van der Waals surface area contributed by atoms with Gasteiger partial charge in [0.05, 0.1) is 5.75 Å². The van der Waals surface area contributed by atoms with Crippen LogP contribution >= 0.6 is 0 Å². The number of carbonyl (C=O) groups is 2. The molecule has 0 aromatic carbocycles. The van der Waals surface area contributed by atoms with E-state index in [4.69, 9.17) is 10.8 Å². The molecule has 4 N–H and O–H groups in total. The molecule has 112 valence electrons. The normalized spacial score (nSPS) is 14.7. The molecule has 1 amide bonds. The first-order chi connectivity index (χ1) is 8.65. The molecule has 0 rings (SSSR count). The number of sulfone groups is 1. The van der Waals surface area contributed by atoms with E-state index in [1.807, 2.05) is 6.92 Å². The number of nitrogens with one attached hydrogen (secondary N) is 1. The summed E-state index contributed by atoms with van der Waals surface area (Å²) in [5.74, 6) is -1.72. The second kappa shape index (κ2) is 8.11. The van der Waals surface area contributed by atoms with Crippen molar-refractivity contribution in [3.05, 3.63) is 0 Å². The highest BCUT2D eigenvalue weighted by atomic mass is 32.2. The maximum absolute atomic E-state index is 11.5. The van der Waals surface area contributed by atoms with Crippen LogP contribution in [0.5, 0.6) is 0 Å². The van der Waals surface area contributed by atoms with Gasteiger partial charge in [0.1, 0.15) is 15.9 Å². The third-order valence-electron chi connectivity index (χ3n) is 2.68. The van der Waals surface area contributed by atoms with Gasteiger partial charge in [-0.15, -0.1) is 0 Å². The van der Waals surface area contributed by atoms with Crippen molar-refractivity contribution in [3.8, 4) is 0 Å². The van der Waals surface area contributed by atoms with Crippen LogP contribution < -0.4 is 11.1 Å². The van der Waals surface area contributed by atoms with Crippen LogP contribution in [0, 0.1) is 5.92 Å². The summed E-state index contributed by atoms with van der Waals surface area (Å²) < 4.78 is 22.0. The van der Waals surface area contributed by atoms with E-state index in [-0.39, 0.29) is 24.5 Å². The van der Waals surface area contributed by atoms with Gasteiger partial charge in [0.25, 0.3) is 0 Å². The van der Waals surface area contributed by atoms with E-state index in [1.165, 1.54) is 0 Å². The summed E-state index contributed by atoms with van der Waals surface area (Å²) in [5, 5.41) is 11.2. The standard InChI is InChI=1S/C11H22N2O5S/c1-8(7-12)3-4-10(14)13-9(11(15)16)5-6-19(2,17)18/h8-9H,3-7,12H2,1-2H3,(H,13,14)(H,15,16). The molecule has 0 aliphatic rings. The highest BCUT2D eigenvalue weighted by Gasteiger charge is 2.21. The lowest BCUT2D eigenvalue weighted by Gasteiger charge is -2.15. The molecule has 0 aliphatic carbocycles. The number of carbonyl (C=O) groups excluding carboxylic acids is 1. The largest absolute Gasteiger partial charge is 0.480 e. The number of hydrogen-bond acceptors (Lipinski definition) is 5. The Morgan fingerprint density at radius 1 is 1.32 bits per heavy atom. The van der Waals surface area contributed by atoms with Crippen LogP contribution in [0.2, 0.25) is 0 Å². The van der Waals surface area contributed by atoms with Crippen LogP contribution in [0.3, 0.4) is 0 Å². The smallest absolute Gasteiger partial charge is 0.326 e. The van der Waals surface area contributed by atoms with Crippen LogP contribution in [0.4, 0.5) is 0 Å². The SMILES string of the molecule is CC(CN)CCC(=O)NC(CCS(C)(=O)=O)C(=O)O. The number of carboxylic acids is 1. The molecule has 7 nitrogen and oxygen atoms in total. The topological polar surface area (TPSA) is 127 Å². The average molecular weight is 294 g/mol. The summed E-state index contributed by atoms with van der Waals surface area (Å²) in [5.41, 5.74) is 5.41. The Bertz CT molecular complexity index is 407. The van der Waals surface area contributed by atoms with Gasteiger partial charge < -0.3 is 16.2 Å². The summed E-state index contributed by atoms with van der Waals surface area (Å²) in [7, 11) is -3.25. The Morgan fingerprint density at radius 3 is 2.32 bits per heavy atom. The first-order valence-electron chi connectivity index (χ1n) is 6.05. The zero-order valence-electron chi connectivity index (χ0n) is 11.3. The number of aliphatic carboxylic acids is 1. The number of carboxylic acid groups (broad SMARTS) is 1. The Labute approximate surface area is 113 Å². The van der Waals surface area contributed by atoms with Gasteiger partial charge in [-0.05, 0) is 25.3 Å². The molecular formula is C11H22N2O5S. The Hall–Kier alpha value is -1.15. The van der Waals surface area contributed by atoms with Crippen molar-refractivity contribution >= 4 is 21.7 Å². The van der Waals surface area contributed by atoms with Crippen LogP contribution in [0.1, 0.15) is 26.2 Å². The lowest BCUT2D eigenvalue weighted by atomic mass is 10.1. The van der Waals surface area contributed by atoms with Crippen LogP contribution in [0.15, 0.2) is 0 Å². The first kappa shape index (κ1) is 17.8. The summed E-state index contributed by atoms with van der Waals surface area (Å²) in [6.07, 6.45) is 1.64. The van der Waals surface area contributed by atoms with E-state index in [1.54, 1.807) is 0 Å². The summed E-state index contributed by atoms with van der Waals surface area (Å²) in [4.78, 5) is 22.5. The number of amides is 1. The molecule has 0 aliphatic heterocycles. The zero-order chi connectivity index (χ0) is 15.1. The predicted octanol–water partition coefficient (Wildman–Crippen LogP) is -0.634. The molecule has 0 aromatic rings. The molecule has 0 bridgehead atoms. The molecule has 0 heterocycles. The van der Waals surface area contributed by atoms with Crippen molar-refractivity contribution in [2.45, 2.75) is 32.2 Å². The maximum atomic E-state index is 11.5. The van der Waals surface area contributed by atoms with E-state index in [0.717, 1.165) is 6.26 Å². The van der Waals surface area contributed by atoms with Gasteiger partial charge in [0, 0.05) is 12.7 Å². The minimum atomic E-state index is -3.25. The van der Waals surface area contributed by atoms with E-state index in [2.05, 4.69) is 5.32 Å². The van der Waals surface area contributed by atoms with E-state index < -0.39 is 27.8 Å². The van der Waals surface area contributed by atoms with E-state index in [9.17, 15) is 18.0 Å². The summed E-state index contributed by atoms with van der Waals surface area (Å²) in [6.45, 7) is 2.36. The molecular weight excluding hydrogens is 272 g/mol. The molecule has 0 saturated carbocycles. The third kappa shape index (κ3) is 9.43. The minimum Gasteiger partial charge on any atom is -0.480 e. The second-order valence-electron chi connectivity index (χ2n) is 4.76. The lowest BCUT2D eigenvalue weighted by molar-refractivity contribution is -0.141. The minimum absolute atomic E-state index is 0.133. The van der Waals surface area contributed by atoms with Crippen LogP contribution in [0.25, 0.3) is 0 Å². The van der Waals surface area contributed by atoms with Gasteiger partial charge in [-0.25, -0.2) is 13.2 Å². The van der Waals surface area contributed by atoms with E-state index >= 15 is 0 Å². The molecule has 0 fully saturated rings. The zero-order valence-corrected chi connectivity index (χ0v) is 12.1. The fourth-order valence-corrected chi connectivity index (χ4v) is 2.02. The van der Waals surface area contributed by atoms with Crippen molar-refractivity contribution in [3.63, 3.8) is 0 Å². The highest BCUT2D eigenvalue weighted by molar-refractivity contribution is 7.90. The molecule has 2 atom stereocenters. The van der Waals surface area contributed by atoms with Crippen molar-refractivity contribution in [2.24, 2.45) is 11.7 Å². The Morgan fingerprint density at radius 2 is 1.89 bits per heavy atom. The number of hydrogen-bond donors (Lipinski definition) is 3. The quantitative estimate of drug-likeness (QED) is 0.519. The van der Waals surface area contributed by atoms with Gasteiger partial charge in [-0.3, -0.25) is 4.79 Å². The maximum Gasteiger partial charge on any atom is 0.326 e. The van der Waals surface area contributed by atoms with Gasteiger partial charge in [0.2, 0.25) is 5.91 Å².